The normalized spacial score (nSPS) is 13.1. The van der Waals surface area contributed by atoms with Gasteiger partial charge in [0.1, 0.15) is 0 Å². The van der Waals surface area contributed by atoms with Gasteiger partial charge in [0.2, 0.25) is 5.95 Å². The Morgan fingerprint density at radius 2 is 1.09 bits per heavy atom. The first-order chi connectivity index (χ1) is 26.7. The summed E-state index contributed by atoms with van der Waals surface area (Å²) in [4.78, 5) is 20.9. The summed E-state index contributed by atoms with van der Waals surface area (Å²) in [6, 6.07) is 50.8. The Kier molecular flexibility index (Phi) is 6.40. The van der Waals surface area contributed by atoms with Gasteiger partial charge in [0.25, 0.3) is 0 Å². The smallest absolute Gasteiger partial charge is 0.238 e. The molecule has 3 aromatic heterocycles. The molecule has 0 saturated carbocycles. The molecular formula is C49H31N5. The zero-order valence-corrected chi connectivity index (χ0v) is 29.2. The number of pyridine rings is 1. The third-order valence-corrected chi connectivity index (χ3v) is 11.3. The van der Waals surface area contributed by atoms with Crippen molar-refractivity contribution in [3.8, 4) is 51.1 Å². The first kappa shape index (κ1) is 30.4. The minimum absolute atomic E-state index is 0.538. The van der Waals surface area contributed by atoms with Crippen LogP contribution in [0.15, 0.2) is 165 Å². The van der Waals surface area contributed by atoms with E-state index in [0.29, 0.717) is 17.6 Å². The molecule has 1 spiro atoms. The maximum Gasteiger partial charge on any atom is 0.238 e. The van der Waals surface area contributed by atoms with Crippen LogP contribution in [0.3, 0.4) is 0 Å². The summed E-state index contributed by atoms with van der Waals surface area (Å²) in [5.41, 5.74) is 14.3. The highest BCUT2D eigenvalue weighted by atomic mass is 15.2. The largest absolute Gasteiger partial charge is 0.277 e. The van der Waals surface area contributed by atoms with Crippen LogP contribution in [-0.4, -0.2) is 24.5 Å². The van der Waals surface area contributed by atoms with Crippen LogP contribution in [0.1, 0.15) is 33.4 Å². The Labute approximate surface area is 312 Å². The van der Waals surface area contributed by atoms with E-state index in [1.54, 1.807) is 0 Å². The van der Waals surface area contributed by atoms with Crippen LogP contribution < -0.4 is 0 Å². The van der Waals surface area contributed by atoms with Gasteiger partial charge >= 0.3 is 0 Å². The lowest BCUT2D eigenvalue weighted by molar-refractivity contribution is 0.792. The SMILES string of the molecule is C=Cc1c2c(c3c(c1C=C)c1ccccc1n3-c1nc(-c3ccccc3)nc(-c3ccccc3)n1)C1(c3ccccc3-c3ccccc31)c1cccnc1-2. The maximum absolute atomic E-state index is 5.33. The van der Waals surface area contributed by atoms with Crippen molar-refractivity contribution in [1.82, 2.24) is 24.5 Å². The van der Waals surface area contributed by atoms with Crippen LogP contribution in [-0.2, 0) is 5.41 Å². The molecule has 0 unspecified atom stereocenters. The summed E-state index contributed by atoms with van der Waals surface area (Å²) >= 11 is 0. The molecule has 5 heteroatoms. The summed E-state index contributed by atoms with van der Waals surface area (Å²) in [5, 5.41) is 2.15. The van der Waals surface area contributed by atoms with E-state index in [1.165, 1.54) is 22.3 Å². The Morgan fingerprint density at radius 3 is 1.72 bits per heavy atom. The number of rotatable bonds is 5. The van der Waals surface area contributed by atoms with Crippen LogP contribution in [0.4, 0.5) is 0 Å². The van der Waals surface area contributed by atoms with Gasteiger partial charge < -0.3 is 0 Å². The second-order valence-corrected chi connectivity index (χ2v) is 13.8. The van der Waals surface area contributed by atoms with E-state index < -0.39 is 5.41 Å². The van der Waals surface area contributed by atoms with Crippen LogP contribution in [0.25, 0.3) is 85.1 Å². The van der Waals surface area contributed by atoms with E-state index in [-0.39, 0.29) is 0 Å². The van der Waals surface area contributed by atoms with Gasteiger partial charge in [0, 0.05) is 39.2 Å². The quantitative estimate of drug-likeness (QED) is 0.180. The van der Waals surface area contributed by atoms with Crippen molar-refractivity contribution in [3.05, 3.63) is 198 Å². The first-order valence-corrected chi connectivity index (χ1v) is 18.1. The molecule has 0 fully saturated rings. The molecule has 6 aromatic carbocycles. The van der Waals surface area contributed by atoms with Gasteiger partial charge in [-0.3, -0.25) is 9.55 Å². The Bertz CT molecular complexity index is 2930. The zero-order valence-electron chi connectivity index (χ0n) is 29.2. The molecule has 11 rings (SSSR count). The molecule has 0 amide bonds. The van der Waals surface area contributed by atoms with Gasteiger partial charge in [-0.25, -0.2) is 4.98 Å². The van der Waals surface area contributed by atoms with E-state index in [1.807, 2.05) is 79.0 Å². The van der Waals surface area contributed by atoms with Gasteiger partial charge in [-0.1, -0.05) is 159 Å². The summed E-state index contributed by atoms with van der Waals surface area (Å²) in [6.45, 7) is 8.83. The molecule has 9 aromatic rings. The van der Waals surface area contributed by atoms with Crippen LogP contribution >= 0.6 is 0 Å². The fourth-order valence-electron chi connectivity index (χ4n) is 9.25. The molecule has 0 radical (unpaired) electrons. The molecule has 54 heavy (non-hydrogen) atoms. The van der Waals surface area contributed by atoms with E-state index in [4.69, 9.17) is 19.9 Å². The van der Waals surface area contributed by atoms with E-state index in [9.17, 15) is 0 Å². The number of nitrogens with zero attached hydrogens (tertiary/aromatic N) is 5. The molecule has 0 saturated heterocycles. The van der Waals surface area contributed by atoms with Crippen LogP contribution in [0, 0.1) is 0 Å². The van der Waals surface area contributed by atoms with E-state index >= 15 is 0 Å². The second-order valence-electron chi connectivity index (χ2n) is 13.8. The summed E-state index contributed by atoms with van der Waals surface area (Å²) < 4.78 is 2.26. The number of benzene rings is 6. The molecule has 0 N–H and O–H groups in total. The van der Waals surface area contributed by atoms with Crippen molar-refractivity contribution in [1.29, 1.82) is 0 Å². The molecule has 0 aliphatic heterocycles. The lowest BCUT2D eigenvalue weighted by Gasteiger charge is -2.31. The highest BCUT2D eigenvalue weighted by Gasteiger charge is 2.54. The predicted octanol–water partition coefficient (Wildman–Crippen LogP) is 11.3. The highest BCUT2D eigenvalue weighted by molar-refractivity contribution is 6.19. The number of fused-ring (bicyclic) bond motifs is 14. The molecular weight excluding hydrogens is 659 g/mol. The molecule has 0 atom stereocenters. The summed E-state index contributed by atoms with van der Waals surface area (Å²) in [6.07, 6.45) is 5.85. The first-order valence-electron chi connectivity index (χ1n) is 18.1. The second kappa shape index (κ2) is 11.4. The van der Waals surface area contributed by atoms with Crippen LogP contribution in [0.2, 0.25) is 0 Å². The standard InChI is InChI=1S/C49H31N5/c1-3-32-33(4-2)42-43(49(39-27-17-29-50-44(39)42)37-25-14-11-22-34(37)35-23-12-15-26-38(35)49)45-41(32)36-24-13-16-28-40(36)54(45)48-52-46(30-18-7-5-8-19-30)51-47(53-48)31-20-9-6-10-21-31/h3-29H,1-2H2. The maximum atomic E-state index is 5.33. The molecule has 3 heterocycles. The van der Waals surface area contributed by atoms with Gasteiger partial charge in [-0.05, 0) is 51.1 Å². The molecule has 0 bridgehead atoms. The number of hydrogen-bond acceptors (Lipinski definition) is 4. The molecule has 252 valence electrons. The summed E-state index contributed by atoms with van der Waals surface area (Å²) in [5.74, 6) is 1.74. The zero-order chi connectivity index (χ0) is 36.0. The van der Waals surface area contributed by atoms with Gasteiger partial charge in [-0.2, -0.15) is 9.97 Å². The predicted molar refractivity (Wildman–Crippen MR) is 219 cm³/mol. The lowest BCUT2D eigenvalue weighted by Crippen LogP contribution is -2.27. The minimum atomic E-state index is -0.689. The lowest BCUT2D eigenvalue weighted by atomic mass is 9.69. The number of aromatic nitrogens is 5. The highest BCUT2D eigenvalue weighted by Crippen LogP contribution is 2.65. The van der Waals surface area contributed by atoms with Crippen molar-refractivity contribution < 1.29 is 0 Å². The topological polar surface area (TPSA) is 56.5 Å². The monoisotopic (exact) mass is 689 g/mol. The Balaban J connectivity index is 1.40. The number of para-hydroxylation sites is 1. The third kappa shape index (κ3) is 3.87. The van der Waals surface area contributed by atoms with Gasteiger partial charge in [0.05, 0.1) is 22.1 Å². The third-order valence-electron chi connectivity index (χ3n) is 11.3. The van der Waals surface area contributed by atoms with Gasteiger partial charge in [0.15, 0.2) is 11.6 Å². The van der Waals surface area contributed by atoms with Crippen molar-refractivity contribution in [2.75, 3.05) is 0 Å². The van der Waals surface area contributed by atoms with Crippen molar-refractivity contribution in [2.45, 2.75) is 5.41 Å². The van der Waals surface area contributed by atoms with Crippen molar-refractivity contribution in [3.63, 3.8) is 0 Å². The molecule has 5 nitrogen and oxygen atoms in total. The summed E-state index contributed by atoms with van der Waals surface area (Å²) in [7, 11) is 0. The average Bonchev–Trinajstić information content (AvgIpc) is 3.86. The average molecular weight is 690 g/mol. The van der Waals surface area contributed by atoms with E-state index in [0.717, 1.165) is 66.4 Å². The van der Waals surface area contributed by atoms with E-state index in [2.05, 4.69) is 103 Å². The molecule has 2 aliphatic carbocycles. The minimum Gasteiger partial charge on any atom is -0.277 e. The fraction of sp³-hybridized carbons (Fsp3) is 0.0204. The Morgan fingerprint density at radius 1 is 0.537 bits per heavy atom. The fourth-order valence-corrected chi connectivity index (χ4v) is 9.25. The van der Waals surface area contributed by atoms with Crippen molar-refractivity contribution >= 4 is 34.0 Å². The van der Waals surface area contributed by atoms with Gasteiger partial charge in [-0.15, -0.1) is 0 Å². The Hall–Kier alpha value is -7.24. The number of hydrogen-bond donors (Lipinski definition) is 0. The van der Waals surface area contributed by atoms with Crippen molar-refractivity contribution in [2.24, 2.45) is 0 Å². The molecule has 2 aliphatic rings. The van der Waals surface area contributed by atoms with Crippen LogP contribution in [0.5, 0.6) is 0 Å².